The van der Waals surface area contributed by atoms with Crippen LogP contribution in [0.5, 0.6) is 0 Å². The van der Waals surface area contributed by atoms with E-state index in [1.54, 1.807) is 0 Å². The van der Waals surface area contributed by atoms with Crippen molar-refractivity contribution in [2.75, 3.05) is 12.9 Å². The van der Waals surface area contributed by atoms with E-state index in [1.807, 2.05) is 182 Å². The lowest BCUT2D eigenvalue weighted by atomic mass is 9.79. The van der Waals surface area contributed by atoms with Crippen LogP contribution in [0.2, 0.25) is 0 Å². The van der Waals surface area contributed by atoms with Gasteiger partial charge in [-0.3, -0.25) is 18.5 Å². The Kier molecular flexibility index (Phi) is 11.9. The minimum atomic E-state index is -4.26. The summed E-state index contributed by atoms with van der Waals surface area (Å²) in [5.41, 5.74) is 0.565. The lowest BCUT2D eigenvalue weighted by molar-refractivity contribution is -0.130. The number of H-pyrrole nitrogens is 1. The normalized spacial score (nSPS) is 18.3. The second-order valence-electron chi connectivity index (χ2n) is 14.4. The summed E-state index contributed by atoms with van der Waals surface area (Å²) in [6.07, 6.45) is -3.10. The molecule has 0 spiro atoms. The highest BCUT2D eigenvalue weighted by Crippen LogP contribution is 2.47. The van der Waals surface area contributed by atoms with Gasteiger partial charge in [-0.25, -0.2) is 4.79 Å². The van der Waals surface area contributed by atoms with E-state index in [0.717, 1.165) is 44.2 Å². The number of ether oxygens (including phenoxy) is 3. The average molecular weight is 886 g/mol. The summed E-state index contributed by atoms with van der Waals surface area (Å²) >= 11 is 3.24. The molecule has 1 aromatic heterocycles. The monoisotopic (exact) mass is 884 g/mol. The quantitative estimate of drug-likeness (QED) is 0.0863. The maximum absolute atomic E-state index is 13.7. The van der Waals surface area contributed by atoms with Crippen molar-refractivity contribution in [3.8, 4) is 0 Å². The number of hydrogen-bond acceptors (Lipinski definition) is 8. The van der Waals surface area contributed by atoms with Crippen LogP contribution in [0.4, 0.5) is 0 Å². The fourth-order valence-electron chi connectivity index (χ4n) is 8.07. The van der Waals surface area contributed by atoms with Gasteiger partial charge in [0.1, 0.15) is 23.4 Å². The predicted octanol–water partition coefficient (Wildman–Crippen LogP) is 7.93. The number of nitrogens with zero attached hydrogens (tertiary/aromatic N) is 1. The summed E-state index contributed by atoms with van der Waals surface area (Å²) in [5, 5.41) is 0. The molecule has 8 rings (SSSR count). The molecule has 12 heteroatoms. The number of rotatable bonds is 14. The lowest BCUT2D eigenvalue weighted by Crippen LogP contribution is -2.48. The molecular weight excluding hydrogens is 845 g/mol. The van der Waals surface area contributed by atoms with Crippen LogP contribution in [0.15, 0.2) is 202 Å². The molecular formula is C48H41BrN2O8S. The van der Waals surface area contributed by atoms with E-state index in [1.165, 1.54) is 6.20 Å². The standard InChI is InChI=1S/C48H41BrN2O8S/c1-60(54,55)59-43-42(58-48(37-26-14-5-15-27-37,38-28-16-6-17-29-38)39-30-18-7-19-31-39)41(57-45(43)51-32-40(49)44(52)50-46(51)53)33-56-47(34-20-8-2-9-21-34,35-22-10-3-11-23-35)36-24-12-4-13-25-36/h2-32,41-43,45H,33H2,1H3,(H,50,52,53)/t41-,42-,43-,45-/m1/s1. The highest BCUT2D eigenvalue weighted by atomic mass is 79.9. The van der Waals surface area contributed by atoms with Crippen LogP contribution in [0.3, 0.4) is 0 Å². The predicted molar refractivity (Wildman–Crippen MR) is 232 cm³/mol. The molecule has 1 aliphatic heterocycles. The fraction of sp³-hybridized carbons (Fsp3) is 0.167. The SMILES string of the molecule is CS(=O)(=O)O[C@@H]1[C@H](OC(c2ccccc2)(c2ccccc2)c2ccccc2)[C@@H](COC(c2ccccc2)(c2ccccc2)c2ccccc2)O[C@H]1n1cc(Br)c(=O)[nH]c1=O. The van der Waals surface area contributed by atoms with Crippen LogP contribution in [-0.2, 0) is 39.7 Å². The summed E-state index contributed by atoms with van der Waals surface area (Å²) in [4.78, 5) is 28.5. The molecule has 1 N–H and O–H groups in total. The van der Waals surface area contributed by atoms with Gasteiger partial charge in [0.25, 0.3) is 15.7 Å². The average Bonchev–Trinajstić information content (AvgIpc) is 3.60. The van der Waals surface area contributed by atoms with Gasteiger partial charge in [0.15, 0.2) is 12.3 Å². The zero-order valence-corrected chi connectivity index (χ0v) is 34.8. The lowest BCUT2D eigenvalue weighted by Gasteiger charge is -2.41. The minimum absolute atomic E-state index is 0.0180. The van der Waals surface area contributed by atoms with Crippen molar-refractivity contribution in [1.29, 1.82) is 0 Å². The number of nitrogens with one attached hydrogen (secondary N) is 1. The van der Waals surface area contributed by atoms with Gasteiger partial charge in [0, 0.05) is 6.20 Å². The molecule has 10 nitrogen and oxygen atoms in total. The summed E-state index contributed by atoms with van der Waals surface area (Å²) in [6.45, 7) is -0.197. The van der Waals surface area contributed by atoms with Gasteiger partial charge in [0.05, 0.1) is 17.3 Å². The van der Waals surface area contributed by atoms with Gasteiger partial charge < -0.3 is 14.2 Å². The van der Waals surface area contributed by atoms with Gasteiger partial charge in [-0.15, -0.1) is 0 Å². The Morgan fingerprint density at radius 2 is 0.967 bits per heavy atom. The maximum atomic E-state index is 13.7. The second kappa shape index (κ2) is 17.5. The topological polar surface area (TPSA) is 126 Å². The Balaban J connectivity index is 1.36. The van der Waals surface area contributed by atoms with Crippen molar-refractivity contribution >= 4 is 26.0 Å². The zero-order chi connectivity index (χ0) is 41.7. The molecule has 0 amide bonds. The summed E-state index contributed by atoms with van der Waals surface area (Å²) in [6, 6.07) is 58.2. The molecule has 0 radical (unpaired) electrons. The van der Waals surface area contributed by atoms with E-state index in [9.17, 15) is 18.0 Å². The van der Waals surface area contributed by atoms with Crippen LogP contribution in [-0.4, -0.2) is 49.1 Å². The second-order valence-corrected chi connectivity index (χ2v) is 16.9. The largest absolute Gasteiger partial charge is 0.358 e. The van der Waals surface area contributed by atoms with E-state index in [4.69, 9.17) is 18.4 Å². The number of aromatic nitrogens is 2. The third-order valence-electron chi connectivity index (χ3n) is 10.6. The molecule has 4 atom stereocenters. The van der Waals surface area contributed by atoms with E-state index in [2.05, 4.69) is 20.9 Å². The van der Waals surface area contributed by atoms with Crippen molar-refractivity contribution in [3.05, 3.63) is 247 Å². The Bertz CT molecular complexity index is 2550. The highest BCUT2D eigenvalue weighted by molar-refractivity contribution is 9.10. The Labute approximate surface area is 356 Å². The molecule has 304 valence electrons. The molecule has 7 aromatic rings. The van der Waals surface area contributed by atoms with Crippen molar-refractivity contribution in [2.24, 2.45) is 0 Å². The van der Waals surface area contributed by atoms with Gasteiger partial charge in [0.2, 0.25) is 0 Å². The van der Waals surface area contributed by atoms with Gasteiger partial charge in [-0.05, 0) is 49.3 Å². The first kappa shape index (κ1) is 41.0. The van der Waals surface area contributed by atoms with Crippen LogP contribution >= 0.6 is 15.9 Å². The Hall–Kier alpha value is -5.73. The first-order chi connectivity index (χ1) is 29.1. The summed E-state index contributed by atoms with van der Waals surface area (Å²) in [7, 11) is -4.26. The Morgan fingerprint density at radius 3 is 1.33 bits per heavy atom. The third-order valence-corrected chi connectivity index (χ3v) is 11.8. The molecule has 0 bridgehead atoms. The first-order valence-corrected chi connectivity index (χ1v) is 21.9. The molecule has 60 heavy (non-hydrogen) atoms. The molecule has 1 saturated heterocycles. The van der Waals surface area contributed by atoms with Gasteiger partial charge in [-0.2, -0.15) is 8.42 Å². The summed E-state index contributed by atoms with van der Waals surface area (Å²) in [5.74, 6) is 0. The molecule has 6 aromatic carbocycles. The molecule has 0 saturated carbocycles. The van der Waals surface area contributed by atoms with Crippen molar-refractivity contribution in [3.63, 3.8) is 0 Å². The third kappa shape index (κ3) is 8.10. The molecule has 1 fully saturated rings. The number of hydrogen-bond donors (Lipinski definition) is 1. The smallest absolute Gasteiger partial charge is 0.330 e. The van der Waals surface area contributed by atoms with Crippen molar-refractivity contribution < 1.29 is 26.8 Å². The van der Waals surface area contributed by atoms with Crippen molar-refractivity contribution in [1.82, 2.24) is 9.55 Å². The van der Waals surface area contributed by atoms with E-state index < -0.39 is 57.1 Å². The van der Waals surface area contributed by atoms with E-state index in [0.29, 0.717) is 0 Å². The molecule has 0 unspecified atom stereocenters. The number of halogens is 1. The molecule has 2 heterocycles. The van der Waals surface area contributed by atoms with Crippen LogP contribution in [0.25, 0.3) is 0 Å². The maximum Gasteiger partial charge on any atom is 0.330 e. The van der Waals surface area contributed by atoms with Crippen LogP contribution < -0.4 is 11.2 Å². The van der Waals surface area contributed by atoms with E-state index in [-0.39, 0.29) is 11.1 Å². The minimum Gasteiger partial charge on any atom is -0.358 e. The molecule has 0 aliphatic carbocycles. The first-order valence-electron chi connectivity index (χ1n) is 19.3. The fourth-order valence-corrected chi connectivity index (χ4v) is 8.99. The van der Waals surface area contributed by atoms with E-state index >= 15 is 0 Å². The van der Waals surface area contributed by atoms with Crippen molar-refractivity contribution in [2.45, 2.75) is 35.7 Å². The molecule has 1 aliphatic rings. The van der Waals surface area contributed by atoms with Gasteiger partial charge in [-0.1, -0.05) is 182 Å². The zero-order valence-electron chi connectivity index (χ0n) is 32.4. The summed E-state index contributed by atoms with van der Waals surface area (Å²) < 4.78 is 55.5. The number of aromatic amines is 1. The number of benzene rings is 6. The van der Waals surface area contributed by atoms with Crippen LogP contribution in [0, 0.1) is 0 Å². The van der Waals surface area contributed by atoms with Gasteiger partial charge >= 0.3 is 5.69 Å². The highest BCUT2D eigenvalue weighted by Gasteiger charge is 2.55. The Morgan fingerprint density at radius 1 is 0.600 bits per heavy atom. The van der Waals surface area contributed by atoms with Crippen LogP contribution in [0.1, 0.15) is 39.6 Å².